The molecule has 4 aromatic heterocycles. The molecule has 0 bridgehead atoms. The van der Waals surface area contributed by atoms with Crippen LogP contribution in [0.25, 0.3) is 21.5 Å². The second-order valence-electron chi connectivity index (χ2n) is 6.63. The Labute approximate surface area is 169 Å². The third-order valence-corrected chi connectivity index (χ3v) is 6.57. The third-order valence-electron chi connectivity index (χ3n) is 4.55. The minimum Gasteiger partial charge on any atom is -0.464 e. The Balaban J connectivity index is 1.55. The van der Waals surface area contributed by atoms with E-state index in [9.17, 15) is 9.59 Å². The molecule has 8 heteroatoms. The number of ketones is 1. The standard InChI is InChI=1S/C20H19N3O3S2/c1-10-7-13(11(2)21-10)15(24)9-27-12(3)18-22-19(25)17-14(8-28-20(17)23-18)16-5-4-6-26-16/h4-8,12,21H,9H2,1-3H3,(H,22,23,25)/t12-/m0/s1. The van der Waals surface area contributed by atoms with E-state index in [2.05, 4.69) is 15.0 Å². The van der Waals surface area contributed by atoms with Crippen molar-refractivity contribution in [3.8, 4) is 11.3 Å². The molecule has 1 atom stereocenters. The molecule has 144 valence electrons. The quantitative estimate of drug-likeness (QED) is 0.440. The van der Waals surface area contributed by atoms with E-state index in [1.165, 1.54) is 23.1 Å². The highest BCUT2D eigenvalue weighted by atomic mass is 32.2. The Bertz CT molecular complexity index is 1200. The number of aromatic nitrogens is 3. The number of H-pyrrole nitrogens is 2. The Morgan fingerprint density at radius 1 is 1.36 bits per heavy atom. The van der Waals surface area contributed by atoms with Gasteiger partial charge < -0.3 is 14.4 Å². The Morgan fingerprint density at radius 3 is 2.86 bits per heavy atom. The van der Waals surface area contributed by atoms with Gasteiger partial charge in [-0.2, -0.15) is 0 Å². The molecule has 6 nitrogen and oxygen atoms in total. The second kappa shape index (κ2) is 7.44. The van der Waals surface area contributed by atoms with Gasteiger partial charge in [0.05, 0.1) is 22.7 Å². The molecule has 0 fully saturated rings. The smallest absolute Gasteiger partial charge is 0.260 e. The highest BCUT2D eigenvalue weighted by molar-refractivity contribution is 8.00. The average molecular weight is 414 g/mol. The van der Waals surface area contributed by atoms with Crippen molar-refractivity contribution >= 4 is 39.1 Å². The van der Waals surface area contributed by atoms with E-state index in [4.69, 9.17) is 4.42 Å². The number of aryl methyl sites for hydroxylation is 2. The molecule has 0 amide bonds. The van der Waals surface area contributed by atoms with Gasteiger partial charge in [-0.1, -0.05) is 0 Å². The average Bonchev–Trinajstić information content (AvgIpc) is 3.38. The highest BCUT2D eigenvalue weighted by Gasteiger charge is 2.19. The number of thioether (sulfide) groups is 1. The molecule has 28 heavy (non-hydrogen) atoms. The molecule has 0 unspecified atom stereocenters. The minimum absolute atomic E-state index is 0.0679. The number of hydrogen-bond acceptors (Lipinski definition) is 6. The van der Waals surface area contributed by atoms with Crippen LogP contribution in [-0.2, 0) is 0 Å². The molecule has 0 saturated carbocycles. The maximum absolute atomic E-state index is 12.7. The molecule has 4 aromatic rings. The van der Waals surface area contributed by atoms with Gasteiger partial charge in [-0.05, 0) is 39.0 Å². The SMILES string of the molecule is Cc1cc(C(=O)CS[C@@H](C)c2nc3scc(-c4ccco4)c3c(=O)[nH]2)c(C)[nH]1. The monoisotopic (exact) mass is 413 g/mol. The molecule has 0 saturated heterocycles. The van der Waals surface area contributed by atoms with Gasteiger partial charge in [-0.15, -0.1) is 23.1 Å². The number of rotatable bonds is 6. The van der Waals surface area contributed by atoms with Crippen LogP contribution in [0, 0.1) is 13.8 Å². The van der Waals surface area contributed by atoms with E-state index in [0.29, 0.717) is 27.6 Å². The number of carbonyl (C=O) groups excluding carboxylic acids is 1. The number of fused-ring (bicyclic) bond motifs is 1. The fourth-order valence-corrected chi connectivity index (χ4v) is 4.90. The van der Waals surface area contributed by atoms with Crippen LogP contribution in [0.15, 0.2) is 39.1 Å². The topological polar surface area (TPSA) is 91.8 Å². The largest absolute Gasteiger partial charge is 0.464 e. The molecule has 2 N–H and O–H groups in total. The second-order valence-corrected chi connectivity index (χ2v) is 8.81. The van der Waals surface area contributed by atoms with Crippen molar-refractivity contribution in [2.45, 2.75) is 26.0 Å². The van der Waals surface area contributed by atoms with E-state index >= 15 is 0 Å². The fourth-order valence-electron chi connectivity index (χ4n) is 3.14. The van der Waals surface area contributed by atoms with E-state index in [1.54, 1.807) is 12.3 Å². The number of thiophene rings is 1. The van der Waals surface area contributed by atoms with Crippen molar-refractivity contribution in [3.63, 3.8) is 0 Å². The van der Waals surface area contributed by atoms with E-state index < -0.39 is 0 Å². The summed E-state index contributed by atoms with van der Waals surface area (Å²) in [6.45, 7) is 5.77. The van der Waals surface area contributed by atoms with Gasteiger partial charge in [-0.3, -0.25) is 9.59 Å². The molecule has 4 rings (SSSR count). The summed E-state index contributed by atoms with van der Waals surface area (Å²) < 4.78 is 5.42. The van der Waals surface area contributed by atoms with Gasteiger partial charge in [0.25, 0.3) is 5.56 Å². The third kappa shape index (κ3) is 3.45. The van der Waals surface area contributed by atoms with Gasteiger partial charge in [0, 0.05) is 27.9 Å². The number of furan rings is 1. The summed E-state index contributed by atoms with van der Waals surface area (Å²) in [5.41, 5.74) is 3.13. The molecular weight excluding hydrogens is 394 g/mol. The predicted molar refractivity (Wildman–Crippen MR) is 113 cm³/mol. The molecule has 0 aliphatic rings. The molecule has 4 heterocycles. The fraction of sp³-hybridized carbons (Fsp3) is 0.250. The Kier molecular flexibility index (Phi) is 4.99. The lowest BCUT2D eigenvalue weighted by atomic mass is 10.2. The molecule has 0 aliphatic carbocycles. The van der Waals surface area contributed by atoms with Crippen LogP contribution in [0.1, 0.15) is 39.7 Å². The Hall–Kier alpha value is -2.58. The predicted octanol–water partition coefficient (Wildman–Crippen LogP) is 4.87. The van der Waals surface area contributed by atoms with Gasteiger partial charge in [0.15, 0.2) is 5.78 Å². The zero-order valence-corrected chi connectivity index (χ0v) is 17.3. The van der Waals surface area contributed by atoms with Gasteiger partial charge >= 0.3 is 0 Å². The summed E-state index contributed by atoms with van der Waals surface area (Å²) in [5, 5.41) is 2.30. The molecule has 0 aromatic carbocycles. The van der Waals surface area contributed by atoms with Gasteiger partial charge in [0.1, 0.15) is 16.4 Å². The lowest BCUT2D eigenvalue weighted by Crippen LogP contribution is -2.13. The van der Waals surface area contributed by atoms with Crippen molar-refractivity contribution in [2.75, 3.05) is 5.75 Å². The van der Waals surface area contributed by atoms with Crippen LogP contribution >= 0.6 is 23.1 Å². The van der Waals surface area contributed by atoms with Gasteiger partial charge in [-0.25, -0.2) is 4.98 Å². The summed E-state index contributed by atoms with van der Waals surface area (Å²) in [7, 11) is 0. The first-order chi connectivity index (χ1) is 13.4. The molecule has 0 aliphatic heterocycles. The molecule has 0 radical (unpaired) electrons. The number of nitrogens with one attached hydrogen (secondary N) is 2. The van der Waals surface area contributed by atoms with Gasteiger partial charge in [0.2, 0.25) is 0 Å². The van der Waals surface area contributed by atoms with E-state index in [-0.39, 0.29) is 16.6 Å². The minimum atomic E-state index is -0.191. The van der Waals surface area contributed by atoms with Crippen LogP contribution in [0.3, 0.4) is 0 Å². The summed E-state index contributed by atoms with van der Waals surface area (Å²) in [6.07, 6.45) is 1.58. The van der Waals surface area contributed by atoms with Crippen molar-refractivity contribution in [2.24, 2.45) is 0 Å². The number of aromatic amines is 2. The first kappa shape index (κ1) is 18.8. The van der Waals surface area contributed by atoms with E-state index in [1.807, 2.05) is 38.3 Å². The van der Waals surface area contributed by atoms with Crippen molar-refractivity contribution in [1.29, 1.82) is 0 Å². The normalized spacial score (nSPS) is 12.5. The van der Waals surface area contributed by atoms with Crippen LogP contribution in [0.5, 0.6) is 0 Å². The van der Waals surface area contributed by atoms with Crippen molar-refractivity contribution in [3.05, 3.63) is 63.0 Å². The van der Waals surface area contributed by atoms with Crippen LogP contribution in [-0.4, -0.2) is 26.5 Å². The number of carbonyl (C=O) groups is 1. The first-order valence-electron chi connectivity index (χ1n) is 8.80. The van der Waals surface area contributed by atoms with Crippen LogP contribution < -0.4 is 5.56 Å². The van der Waals surface area contributed by atoms with Crippen LogP contribution in [0.2, 0.25) is 0 Å². The zero-order chi connectivity index (χ0) is 19.8. The number of hydrogen-bond donors (Lipinski definition) is 2. The summed E-state index contributed by atoms with van der Waals surface area (Å²) >= 11 is 2.87. The summed E-state index contributed by atoms with van der Waals surface area (Å²) in [6, 6.07) is 5.48. The highest BCUT2D eigenvalue weighted by Crippen LogP contribution is 2.33. The lowest BCUT2D eigenvalue weighted by Gasteiger charge is -2.10. The maximum Gasteiger partial charge on any atom is 0.260 e. The number of nitrogens with zero attached hydrogens (tertiary/aromatic N) is 1. The van der Waals surface area contributed by atoms with E-state index in [0.717, 1.165) is 22.5 Å². The Morgan fingerprint density at radius 2 is 2.18 bits per heavy atom. The summed E-state index contributed by atoms with van der Waals surface area (Å²) in [5.74, 6) is 1.61. The number of Topliss-reactive ketones (excluding diaryl/α,β-unsaturated/α-hetero) is 1. The van der Waals surface area contributed by atoms with Crippen LogP contribution in [0.4, 0.5) is 0 Å². The van der Waals surface area contributed by atoms with Crippen molar-refractivity contribution < 1.29 is 9.21 Å². The van der Waals surface area contributed by atoms with Crippen molar-refractivity contribution in [1.82, 2.24) is 15.0 Å². The molecule has 0 spiro atoms. The molecular formula is C20H19N3O3S2. The zero-order valence-electron chi connectivity index (χ0n) is 15.7. The lowest BCUT2D eigenvalue weighted by molar-refractivity contribution is 0.102. The maximum atomic E-state index is 12.7. The summed E-state index contributed by atoms with van der Waals surface area (Å²) in [4.78, 5) is 36.5. The first-order valence-corrected chi connectivity index (χ1v) is 10.7.